The van der Waals surface area contributed by atoms with Gasteiger partial charge in [-0.25, -0.2) is 4.39 Å². The SMILES string of the molecule is C[C@H](NC(=O)c1cc2cc(F)ccc2s1)C1=CCN(C)CC1. The van der Waals surface area contributed by atoms with Crippen LogP contribution in [0.4, 0.5) is 4.39 Å². The number of halogens is 1. The monoisotopic (exact) mass is 318 g/mol. The quantitative estimate of drug-likeness (QED) is 0.880. The van der Waals surface area contributed by atoms with Gasteiger partial charge in [0.25, 0.3) is 5.91 Å². The second-order valence-electron chi connectivity index (χ2n) is 5.78. The lowest BCUT2D eigenvalue weighted by Crippen LogP contribution is -2.36. The first-order chi connectivity index (χ1) is 10.5. The summed E-state index contributed by atoms with van der Waals surface area (Å²) in [7, 11) is 2.09. The van der Waals surface area contributed by atoms with E-state index in [1.54, 1.807) is 12.1 Å². The van der Waals surface area contributed by atoms with Crippen molar-refractivity contribution in [2.24, 2.45) is 0 Å². The summed E-state index contributed by atoms with van der Waals surface area (Å²) in [4.78, 5) is 15.3. The predicted octanol–water partition coefficient (Wildman–Crippen LogP) is 3.42. The Kier molecular flexibility index (Phi) is 4.27. The molecule has 1 atom stereocenters. The molecule has 0 saturated heterocycles. The van der Waals surface area contributed by atoms with E-state index < -0.39 is 0 Å². The second kappa shape index (κ2) is 6.18. The van der Waals surface area contributed by atoms with Gasteiger partial charge in [-0.05, 0) is 55.6 Å². The van der Waals surface area contributed by atoms with E-state index in [0.29, 0.717) is 4.88 Å². The Hall–Kier alpha value is -1.72. The minimum Gasteiger partial charge on any atom is -0.345 e. The van der Waals surface area contributed by atoms with Crippen molar-refractivity contribution in [2.45, 2.75) is 19.4 Å². The Morgan fingerprint density at radius 2 is 2.23 bits per heavy atom. The van der Waals surface area contributed by atoms with Gasteiger partial charge in [-0.1, -0.05) is 6.08 Å². The standard InChI is InChI=1S/C17H19FN2OS/c1-11(12-5-7-20(2)8-6-12)19-17(21)16-10-13-9-14(18)3-4-15(13)22-16/h3-5,9-11H,6-8H2,1-2H3,(H,19,21)/t11-/m0/s1. The van der Waals surface area contributed by atoms with Gasteiger partial charge < -0.3 is 10.2 Å². The third-order valence-electron chi connectivity index (χ3n) is 4.05. The number of amides is 1. The van der Waals surface area contributed by atoms with Crippen molar-refractivity contribution in [3.8, 4) is 0 Å². The molecule has 2 heterocycles. The van der Waals surface area contributed by atoms with Crippen molar-refractivity contribution in [3.63, 3.8) is 0 Å². The highest BCUT2D eigenvalue weighted by Gasteiger charge is 2.18. The van der Waals surface area contributed by atoms with Crippen LogP contribution in [0.1, 0.15) is 23.0 Å². The molecule has 2 aromatic rings. The molecule has 116 valence electrons. The molecule has 1 aliphatic rings. The lowest BCUT2D eigenvalue weighted by molar-refractivity contribution is 0.0948. The molecule has 22 heavy (non-hydrogen) atoms. The molecule has 0 bridgehead atoms. The number of benzene rings is 1. The van der Waals surface area contributed by atoms with E-state index in [1.807, 2.05) is 6.92 Å². The van der Waals surface area contributed by atoms with Crippen molar-refractivity contribution in [1.29, 1.82) is 0 Å². The molecule has 0 spiro atoms. The van der Waals surface area contributed by atoms with E-state index in [-0.39, 0.29) is 17.8 Å². The summed E-state index contributed by atoms with van der Waals surface area (Å²) in [5.74, 6) is -0.365. The van der Waals surface area contributed by atoms with Crippen LogP contribution in [-0.2, 0) is 0 Å². The van der Waals surface area contributed by atoms with Crippen molar-refractivity contribution >= 4 is 27.3 Å². The zero-order chi connectivity index (χ0) is 15.7. The van der Waals surface area contributed by atoms with E-state index in [4.69, 9.17) is 0 Å². The molecule has 1 aliphatic heterocycles. The maximum absolute atomic E-state index is 13.2. The Balaban J connectivity index is 1.72. The Labute approximate surface area is 133 Å². The van der Waals surface area contributed by atoms with Crippen LogP contribution in [0, 0.1) is 5.82 Å². The summed E-state index contributed by atoms with van der Waals surface area (Å²) in [5, 5.41) is 3.83. The maximum Gasteiger partial charge on any atom is 0.261 e. The molecule has 1 N–H and O–H groups in total. The number of hydrogen-bond acceptors (Lipinski definition) is 3. The minimum atomic E-state index is -0.276. The average Bonchev–Trinajstić information content (AvgIpc) is 2.91. The number of carbonyl (C=O) groups is 1. The average molecular weight is 318 g/mol. The van der Waals surface area contributed by atoms with Crippen LogP contribution in [0.3, 0.4) is 0 Å². The molecule has 0 unspecified atom stereocenters. The molecule has 3 rings (SSSR count). The first-order valence-corrected chi connectivity index (χ1v) is 8.22. The molecule has 0 fully saturated rings. The highest BCUT2D eigenvalue weighted by molar-refractivity contribution is 7.20. The fraction of sp³-hybridized carbons (Fsp3) is 0.353. The van der Waals surface area contributed by atoms with Gasteiger partial charge in [-0.2, -0.15) is 0 Å². The second-order valence-corrected chi connectivity index (χ2v) is 6.86. The topological polar surface area (TPSA) is 32.3 Å². The number of likely N-dealkylation sites (N-methyl/N-ethyl adjacent to an activating group) is 1. The van der Waals surface area contributed by atoms with E-state index >= 15 is 0 Å². The molecule has 0 saturated carbocycles. The molecule has 0 aliphatic carbocycles. The van der Waals surface area contributed by atoms with Gasteiger partial charge in [-0.3, -0.25) is 4.79 Å². The van der Waals surface area contributed by atoms with Crippen LogP contribution in [0.5, 0.6) is 0 Å². The summed E-state index contributed by atoms with van der Waals surface area (Å²) >= 11 is 1.40. The number of carbonyl (C=O) groups excluding carboxylic acids is 1. The fourth-order valence-corrected chi connectivity index (χ4v) is 3.61. The maximum atomic E-state index is 13.2. The van der Waals surface area contributed by atoms with Gasteiger partial charge in [0.1, 0.15) is 5.82 Å². The Bertz CT molecular complexity index is 737. The number of thiophene rings is 1. The number of rotatable bonds is 3. The van der Waals surface area contributed by atoms with E-state index in [9.17, 15) is 9.18 Å². The zero-order valence-electron chi connectivity index (χ0n) is 12.7. The van der Waals surface area contributed by atoms with Crippen LogP contribution in [0.15, 0.2) is 35.9 Å². The van der Waals surface area contributed by atoms with Crippen LogP contribution in [0.25, 0.3) is 10.1 Å². The molecule has 1 aromatic carbocycles. The van der Waals surface area contributed by atoms with Gasteiger partial charge in [0.05, 0.1) is 4.88 Å². The highest BCUT2D eigenvalue weighted by Crippen LogP contribution is 2.26. The fourth-order valence-electron chi connectivity index (χ4n) is 2.67. The zero-order valence-corrected chi connectivity index (χ0v) is 13.5. The third kappa shape index (κ3) is 3.20. The highest BCUT2D eigenvalue weighted by atomic mass is 32.1. The summed E-state index contributed by atoms with van der Waals surface area (Å²) in [5.41, 5.74) is 1.28. The number of nitrogens with zero attached hydrogens (tertiary/aromatic N) is 1. The first kappa shape index (κ1) is 15.2. The predicted molar refractivity (Wildman–Crippen MR) is 88.9 cm³/mol. The van der Waals surface area contributed by atoms with Crippen molar-refractivity contribution in [1.82, 2.24) is 10.2 Å². The normalized spacial score (nSPS) is 17.3. The Morgan fingerprint density at radius 1 is 1.41 bits per heavy atom. The molecule has 0 radical (unpaired) electrons. The van der Waals surface area contributed by atoms with Crippen LogP contribution < -0.4 is 5.32 Å². The molecular weight excluding hydrogens is 299 g/mol. The van der Waals surface area contributed by atoms with Crippen LogP contribution in [0.2, 0.25) is 0 Å². The first-order valence-electron chi connectivity index (χ1n) is 7.40. The summed E-state index contributed by atoms with van der Waals surface area (Å²) in [6.45, 7) is 3.97. The Morgan fingerprint density at radius 3 is 2.95 bits per heavy atom. The van der Waals surface area contributed by atoms with Crippen molar-refractivity contribution in [2.75, 3.05) is 20.1 Å². The molecule has 1 amide bonds. The minimum absolute atomic E-state index is 0.0307. The summed E-state index contributed by atoms with van der Waals surface area (Å²) < 4.78 is 14.2. The largest absolute Gasteiger partial charge is 0.345 e. The summed E-state index contributed by atoms with van der Waals surface area (Å²) in [6.07, 6.45) is 3.17. The van der Waals surface area contributed by atoms with Crippen molar-refractivity contribution in [3.05, 3.63) is 46.6 Å². The lowest BCUT2D eigenvalue weighted by Gasteiger charge is -2.25. The van der Waals surface area contributed by atoms with Gasteiger partial charge in [0.2, 0.25) is 0 Å². The van der Waals surface area contributed by atoms with Gasteiger partial charge in [0.15, 0.2) is 0 Å². The summed E-state index contributed by atoms with van der Waals surface area (Å²) in [6, 6.07) is 6.39. The van der Waals surface area contributed by atoms with Crippen LogP contribution in [-0.4, -0.2) is 37.0 Å². The van der Waals surface area contributed by atoms with Gasteiger partial charge in [0, 0.05) is 23.8 Å². The van der Waals surface area contributed by atoms with Crippen LogP contribution >= 0.6 is 11.3 Å². The van der Waals surface area contributed by atoms with E-state index in [0.717, 1.165) is 29.6 Å². The van der Waals surface area contributed by atoms with Gasteiger partial charge >= 0.3 is 0 Å². The smallest absolute Gasteiger partial charge is 0.261 e. The van der Waals surface area contributed by atoms with E-state index in [2.05, 4.69) is 23.3 Å². The molecular formula is C17H19FN2OS. The molecule has 1 aromatic heterocycles. The lowest BCUT2D eigenvalue weighted by atomic mass is 10.0. The molecule has 3 nitrogen and oxygen atoms in total. The molecule has 5 heteroatoms. The van der Waals surface area contributed by atoms with Gasteiger partial charge in [-0.15, -0.1) is 11.3 Å². The van der Waals surface area contributed by atoms with Crippen molar-refractivity contribution < 1.29 is 9.18 Å². The number of fused-ring (bicyclic) bond motifs is 1. The van der Waals surface area contributed by atoms with E-state index in [1.165, 1.54) is 29.0 Å². The number of hydrogen-bond donors (Lipinski definition) is 1. The number of nitrogens with one attached hydrogen (secondary N) is 1. The third-order valence-corrected chi connectivity index (χ3v) is 5.17.